The lowest BCUT2D eigenvalue weighted by Crippen LogP contribution is -2.34. The van der Waals surface area contributed by atoms with E-state index < -0.39 is 0 Å². The summed E-state index contributed by atoms with van der Waals surface area (Å²) in [7, 11) is 0. The van der Waals surface area contributed by atoms with Crippen LogP contribution in [-0.4, -0.2) is 43.1 Å². The molecule has 1 heterocycles. The first-order valence-electron chi connectivity index (χ1n) is 11.3. The van der Waals surface area contributed by atoms with Crippen molar-refractivity contribution in [2.24, 2.45) is 0 Å². The molecule has 3 aromatic rings. The van der Waals surface area contributed by atoms with E-state index >= 15 is 0 Å². The summed E-state index contributed by atoms with van der Waals surface area (Å²) in [5, 5.41) is 2.89. The van der Waals surface area contributed by atoms with E-state index in [1.54, 1.807) is 29.2 Å². The Balaban J connectivity index is 1.31. The largest absolute Gasteiger partial charge is 0.486 e. The predicted octanol–water partition coefficient (Wildman–Crippen LogP) is 3.82. The van der Waals surface area contributed by atoms with Crippen LogP contribution in [0, 0.1) is 0 Å². The van der Waals surface area contributed by atoms with Crippen LogP contribution < -0.4 is 19.5 Å². The number of nitrogens with one attached hydrogen (secondary N) is 1. The molecule has 0 saturated carbocycles. The molecule has 0 spiro atoms. The van der Waals surface area contributed by atoms with Gasteiger partial charge in [0.25, 0.3) is 11.8 Å². The summed E-state index contributed by atoms with van der Waals surface area (Å²) in [6, 6.07) is 22.2. The second-order valence-corrected chi connectivity index (χ2v) is 7.87. The molecule has 4 rings (SSSR count). The number of benzene rings is 3. The Morgan fingerprint density at radius 2 is 1.71 bits per heavy atom. The number of likely N-dealkylation sites (N-methyl/N-ethyl adjacent to an activating group) is 1. The fraction of sp³-hybridized carbons (Fsp3) is 0.259. The van der Waals surface area contributed by atoms with Gasteiger partial charge in [-0.05, 0) is 48.4 Å². The molecule has 0 bridgehead atoms. The number of rotatable bonds is 9. The van der Waals surface area contributed by atoms with Gasteiger partial charge >= 0.3 is 0 Å². The van der Waals surface area contributed by atoms with E-state index in [9.17, 15) is 9.59 Å². The molecule has 0 aromatic heterocycles. The van der Waals surface area contributed by atoms with Crippen molar-refractivity contribution in [3.05, 3.63) is 89.5 Å². The van der Waals surface area contributed by atoms with E-state index in [1.165, 1.54) is 0 Å². The van der Waals surface area contributed by atoms with Crippen LogP contribution in [0.2, 0.25) is 0 Å². The van der Waals surface area contributed by atoms with Gasteiger partial charge in [0.05, 0.1) is 0 Å². The number of fused-ring (bicyclic) bond motifs is 1. The lowest BCUT2D eigenvalue weighted by molar-refractivity contribution is -0.133. The molecule has 0 fully saturated rings. The summed E-state index contributed by atoms with van der Waals surface area (Å²) in [6.45, 7) is 4.29. The van der Waals surface area contributed by atoms with Crippen LogP contribution in [0.25, 0.3) is 0 Å². The zero-order chi connectivity index (χ0) is 23.8. The summed E-state index contributed by atoms with van der Waals surface area (Å²) in [4.78, 5) is 27.0. The number of amides is 2. The van der Waals surface area contributed by atoms with Crippen LogP contribution in [-0.2, 0) is 17.9 Å². The maximum absolute atomic E-state index is 12.8. The predicted molar refractivity (Wildman–Crippen MR) is 128 cm³/mol. The number of nitrogens with zero attached hydrogens (tertiary/aromatic N) is 1. The molecule has 1 aliphatic heterocycles. The van der Waals surface area contributed by atoms with Gasteiger partial charge in [0, 0.05) is 25.2 Å². The fourth-order valence-corrected chi connectivity index (χ4v) is 3.63. The molecule has 0 atom stereocenters. The van der Waals surface area contributed by atoms with Crippen LogP contribution in [0.4, 0.5) is 0 Å². The molecule has 34 heavy (non-hydrogen) atoms. The third-order valence-electron chi connectivity index (χ3n) is 5.47. The second-order valence-electron chi connectivity index (χ2n) is 7.87. The van der Waals surface area contributed by atoms with Crippen molar-refractivity contribution in [2.45, 2.75) is 20.0 Å². The number of carbonyl (C=O) groups excluding carboxylic acids is 2. The van der Waals surface area contributed by atoms with E-state index in [0.29, 0.717) is 49.9 Å². The molecule has 2 amide bonds. The first kappa shape index (κ1) is 23.2. The monoisotopic (exact) mass is 460 g/mol. The fourth-order valence-electron chi connectivity index (χ4n) is 3.63. The van der Waals surface area contributed by atoms with Crippen LogP contribution in [0.15, 0.2) is 72.8 Å². The van der Waals surface area contributed by atoms with E-state index in [-0.39, 0.29) is 18.4 Å². The Morgan fingerprint density at radius 1 is 0.912 bits per heavy atom. The van der Waals surface area contributed by atoms with E-state index in [4.69, 9.17) is 14.2 Å². The van der Waals surface area contributed by atoms with Gasteiger partial charge in [0.2, 0.25) is 0 Å². The minimum Gasteiger partial charge on any atom is -0.486 e. The summed E-state index contributed by atoms with van der Waals surface area (Å²) >= 11 is 0. The summed E-state index contributed by atoms with van der Waals surface area (Å²) in [6.07, 6.45) is 0. The van der Waals surface area contributed by atoms with Crippen LogP contribution in [0.5, 0.6) is 17.2 Å². The average molecular weight is 461 g/mol. The van der Waals surface area contributed by atoms with Crippen LogP contribution >= 0.6 is 0 Å². The molecule has 0 radical (unpaired) electrons. The molecule has 1 aliphatic rings. The maximum atomic E-state index is 12.8. The van der Waals surface area contributed by atoms with E-state index in [1.807, 2.05) is 55.5 Å². The normalized spacial score (nSPS) is 12.0. The summed E-state index contributed by atoms with van der Waals surface area (Å²) in [5.74, 6) is 1.55. The van der Waals surface area contributed by atoms with Crippen LogP contribution in [0.3, 0.4) is 0 Å². The van der Waals surface area contributed by atoms with Gasteiger partial charge in [-0.15, -0.1) is 0 Å². The quantitative estimate of drug-likeness (QED) is 0.525. The Morgan fingerprint density at radius 3 is 2.50 bits per heavy atom. The smallest absolute Gasteiger partial charge is 0.260 e. The number of hydrogen-bond acceptors (Lipinski definition) is 5. The molecule has 1 N–H and O–H groups in total. The third kappa shape index (κ3) is 6.07. The lowest BCUT2D eigenvalue weighted by Gasteiger charge is -2.23. The minimum absolute atomic E-state index is 0.118. The standard InChI is InChI=1S/C27H28N2O5/c1-2-29(18-21-11-12-24-25(15-21)33-14-13-32-24)26(30)19-34-23-10-6-9-22(16-23)27(31)28-17-20-7-4-3-5-8-20/h3-12,15-16H,2,13-14,17-19H2,1H3,(H,28,31). The first-order chi connectivity index (χ1) is 16.6. The zero-order valence-corrected chi connectivity index (χ0v) is 19.2. The third-order valence-corrected chi connectivity index (χ3v) is 5.47. The molecular formula is C27H28N2O5. The van der Waals surface area contributed by atoms with Crippen molar-refractivity contribution >= 4 is 11.8 Å². The van der Waals surface area contributed by atoms with Gasteiger partial charge in [0.1, 0.15) is 19.0 Å². The van der Waals surface area contributed by atoms with Crippen molar-refractivity contribution in [1.29, 1.82) is 0 Å². The van der Waals surface area contributed by atoms with Crippen molar-refractivity contribution in [2.75, 3.05) is 26.4 Å². The molecule has 176 valence electrons. The number of ether oxygens (including phenoxy) is 3. The highest BCUT2D eigenvalue weighted by atomic mass is 16.6. The van der Waals surface area contributed by atoms with Crippen molar-refractivity contribution in [3.8, 4) is 17.2 Å². The van der Waals surface area contributed by atoms with E-state index in [2.05, 4.69) is 5.32 Å². The first-order valence-corrected chi connectivity index (χ1v) is 11.3. The molecular weight excluding hydrogens is 432 g/mol. The highest BCUT2D eigenvalue weighted by molar-refractivity contribution is 5.94. The van der Waals surface area contributed by atoms with Crippen LogP contribution in [0.1, 0.15) is 28.4 Å². The average Bonchev–Trinajstić information content (AvgIpc) is 2.89. The number of hydrogen-bond donors (Lipinski definition) is 1. The van der Waals surface area contributed by atoms with Gasteiger partial charge in [-0.1, -0.05) is 42.5 Å². The minimum atomic E-state index is -0.200. The second kappa shape index (κ2) is 11.2. The molecule has 7 nitrogen and oxygen atoms in total. The van der Waals surface area contributed by atoms with Crippen molar-refractivity contribution in [1.82, 2.24) is 10.2 Å². The van der Waals surface area contributed by atoms with E-state index in [0.717, 1.165) is 16.9 Å². The van der Waals surface area contributed by atoms with Crippen molar-refractivity contribution in [3.63, 3.8) is 0 Å². The van der Waals surface area contributed by atoms with Gasteiger partial charge < -0.3 is 24.4 Å². The molecule has 0 unspecified atom stereocenters. The lowest BCUT2D eigenvalue weighted by atomic mass is 10.1. The Labute approximate surface area is 199 Å². The topological polar surface area (TPSA) is 77.1 Å². The molecule has 0 aliphatic carbocycles. The molecule has 0 saturated heterocycles. The zero-order valence-electron chi connectivity index (χ0n) is 19.2. The SMILES string of the molecule is CCN(Cc1ccc2c(c1)OCCO2)C(=O)COc1cccc(C(=O)NCc2ccccc2)c1. The van der Waals surface area contributed by atoms with Gasteiger partial charge in [-0.3, -0.25) is 9.59 Å². The van der Waals surface area contributed by atoms with Gasteiger partial charge in [0.15, 0.2) is 18.1 Å². The highest BCUT2D eigenvalue weighted by Gasteiger charge is 2.17. The Hall–Kier alpha value is -4.00. The maximum Gasteiger partial charge on any atom is 0.260 e. The molecule has 3 aromatic carbocycles. The Bertz CT molecular complexity index is 1130. The van der Waals surface area contributed by atoms with Crippen molar-refractivity contribution < 1.29 is 23.8 Å². The molecule has 7 heteroatoms. The van der Waals surface area contributed by atoms with Gasteiger partial charge in [-0.2, -0.15) is 0 Å². The summed E-state index contributed by atoms with van der Waals surface area (Å²) in [5.41, 5.74) is 2.45. The number of carbonyl (C=O) groups is 2. The Kier molecular flexibility index (Phi) is 7.65. The highest BCUT2D eigenvalue weighted by Crippen LogP contribution is 2.31. The summed E-state index contributed by atoms with van der Waals surface area (Å²) < 4.78 is 16.9. The van der Waals surface area contributed by atoms with Gasteiger partial charge in [-0.25, -0.2) is 0 Å².